The number of hydrogen-bond acceptors (Lipinski definition) is 3. The summed E-state index contributed by atoms with van der Waals surface area (Å²) in [5.74, 6) is 1.13. The monoisotopic (exact) mass is 380 g/mol. The number of amides is 1. The van der Waals surface area contributed by atoms with Crippen LogP contribution in [0.1, 0.15) is 39.3 Å². The number of carbonyl (C=O) groups is 1. The van der Waals surface area contributed by atoms with Crippen molar-refractivity contribution in [3.8, 4) is 0 Å². The molecule has 4 nitrogen and oxygen atoms in total. The number of piperidine rings is 1. The molecular weight excluding hydrogens is 356 g/mol. The minimum absolute atomic E-state index is 0.177. The average molecular weight is 381 g/mol. The van der Waals surface area contributed by atoms with Gasteiger partial charge in [0, 0.05) is 29.6 Å². The molecule has 2 aliphatic rings. The van der Waals surface area contributed by atoms with Crippen LogP contribution in [0.3, 0.4) is 0 Å². The van der Waals surface area contributed by atoms with Crippen LogP contribution >= 0.6 is 15.9 Å². The van der Waals surface area contributed by atoms with Crippen LogP contribution in [0.4, 0.5) is 4.79 Å². The Morgan fingerprint density at radius 3 is 2.57 bits per heavy atom. The first kappa shape index (κ1) is 16.8. The first-order chi connectivity index (χ1) is 10.7. The number of rotatable bonds is 3. The summed E-state index contributed by atoms with van der Waals surface area (Å²) in [4.78, 5) is 13.9. The number of hydrogen-bond donors (Lipinski definition) is 1. The van der Waals surface area contributed by atoms with Gasteiger partial charge in [-0.15, -0.1) is 0 Å². The van der Waals surface area contributed by atoms with E-state index in [0.717, 1.165) is 17.6 Å². The first-order valence-electron chi connectivity index (χ1n) is 8.24. The lowest BCUT2D eigenvalue weighted by Gasteiger charge is -2.26. The fraction of sp³-hybridized carbons (Fsp3) is 0.611. The van der Waals surface area contributed by atoms with Gasteiger partial charge in [0.1, 0.15) is 5.60 Å². The molecule has 0 radical (unpaired) electrons. The van der Waals surface area contributed by atoms with Crippen LogP contribution in [0.25, 0.3) is 0 Å². The number of nitrogens with one attached hydrogen (secondary N) is 1. The van der Waals surface area contributed by atoms with Gasteiger partial charge in [0.05, 0.1) is 0 Å². The van der Waals surface area contributed by atoms with Gasteiger partial charge in [-0.3, -0.25) is 0 Å². The van der Waals surface area contributed by atoms with Crippen molar-refractivity contribution in [2.45, 2.75) is 45.4 Å². The third-order valence-corrected chi connectivity index (χ3v) is 5.13. The molecule has 1 aliphatic carbocycles. The molecule has 1 aromatic rings. The topological polar surface area (TPSA) is 41.6 Å². The van der Waals surface area contributed by atoms with Crippen LogP contribution < -0.4 is 5.32 Å². The van der Waals surface area contributed by atoms with Gasteiger partial charge in [0.25, 0.3) is 0 Å². The zero-order valence-electron chi connectivity index (χ0n) is 14.2. The third kappa shape index (κ3) is 3.89. The highest BCUT2D eigenvalue weighted by Gasteiger charge is 2.57. The van der Waals surface area contributed by atoms with E-state index in [2.05, 4.69) is 46.4 Å². The maximum Gasteiger partial charge on any atom is 0.410 e. The molecule has 1 heterocycles. The van der Waals surface area contributed by atoms with E-state index in [4.69, 9.17) is 4.74 Å². The summed E-state index contributed by atoms with van der Waals surface area (Å²) >= 11 is 3.52. The molecule has 5 heteroatoms. The van der Waals surface area contributed by atoms with E-state index in [1.165, 1.54) is 5.56 Å². The number of benzene rings is 1. The van der Waals surface area contributed by atoms with Gasteiger partial charge in [-0.05, 0) is 57.2 Å². The average Bonchev–Trinajstić information content (AvgIpc) is 2.90. The minimum atomic E-state index is -0.420. The Balaban J connectivity index is 1.50. The standard InChI is InChI=1S/C18H25BrN2O2/c1-11(12-6-5-7-13(19)8-12)20-16-14-9-21(10-15(14)16)17(22)23-18(2,3)4/h5-8,11,14-16,20H,9-10H2,1-4H3. The van der Waals surface area contributed by atoms with Gasteiger partial charge in [0.2, 0.25) is 0 Å². The number of carbonyl (C=O) groups excluding carboxylic acids is 1. The highest BCUT2D eigenvalue weighted by molar-refractivity contribution is 9.10. The van der Waals surface area contributed by atoms with Crippen LogP contribution in [-0.2, 0) is 4.74 Å². The summed E-state index contributed by atoms with van der Waals surface area (Å²) in [6.07, 6.45) is -0.177. The molecule has 1 aliphatic heterocycles. The number of fused-ring (bicyclic) bond motifs is 1. The predicted octanol–water partition coefficient (Wildman–Crippen LogP) is 3.97. The van der Waals surface area contributed by atoms with Gasteiger partial charge in [-0.25, -0.2) is 4.79 Å². The van der Waals surface area contributed by atoms with Crippen molar-refractivity contribution in [2.24, 2.45) is 11.8 Å². The molecule has 1 saturated heterocycles. The second-order valence-corrected chi connectivity index (χ2v) is 8.60. The molecule has 126 valence electrons. The molecule has 0 spiro atoms. The summed E-state index contributed by atoms with van der Waals surface area (Å²) in [6, 6.07) is 9.24. The van der Waals surface area contributed by atoms with E-state index in [-0.39, 0.29) is 6.09 Å². The predicted molar refractivity (Wildman–Crippen MR) is 94.3 cm³/mol. The highest BCUT2D eigenvalue weighted by atomic mass is 79.9. The molecule has 1 amide bonds. The Labute approximate surface area is 146 Å². The normalized spacial score (nSPS) is 27.5. The zero-order chi connectivity index (χ0) is 16.8. The molecule has 23 heavy (non-hydrogen) atoms. The molecule has 3 atom stereocenters. The number of ether oxygens (including phenoxy) is 1. The molecule has 0 bridgehead atoms. The van der Waals surface area contributed by atoms with E-state index in [9.17, 15) is 4.79 Å². The third-order valence-electron chi connectivity index (χ3n) is 4.64. The van der Waals surface area contributed by atoms with E-state index in [1.807, 2.05) is 31.7 Å². The number of nitrogens with zero attached hydrogens (tertiary/aromatic N) is 1. The summed E-state index contributed by atoms with van der Waals surface area (Å²) in [5, 5.41) is 3.71. The van der Waals surface area contributed by atoms with Crippen molar-refractivity contribution in [3.63, 3.8) is 0 Å². The Hall–Kier alpha value is -1.07. The molecule has 1 saturated carbocycles. The van der Waals surface area contributed by atoms with Crippen molar-refractivity contribution in [1.82, 2.24) is 10.2 Å². The van der Waals surface area contributed by atoms with Crippen molar-refractivity contribution in [3.05, 3.63) is 34.3 Å². The van der Waals surface area contributed by atoms with Crippen molar-refractivity contribution < 1.29 is 9.53 Å². The second-order valence-electron chi connectivity index (χ2n) is 7.68. The van der Waals surface area contributed by atoms with E-state index < -0.39 is 5.60 Å². The summed E-state index contributed by atoms with van der Waals surface area (Å²) < 4.78 is 6.56. The molecule has 3 rings (SSSR count). The summed E-state index contributed by atoms with van der Waals surface area (Å²) in [7, 11) is 0. The van der Waals surface area contributed by atoms with Crippen LogP contribution in [0, 0.1) is 11.8 Å². The fourth-order valence-corrected chi connectivity index (χ4v) is 3.83. The molecule has 2 fully saturated rings. The van der Waals surface area contributed by atoms with Gasteiger partial charge < -0.3 is 15.0 Å². The lowest BCUT2D eigenvalue weighted by Crippen LogP contribution is -2.39. The Morgan fingerprint density at radius 1 is 1.35 bits per heavy atom. The maximum absolute atomic E-state index is 12.1. The van der Waals surface area contributed by atoms with Crippen LogP contribution in [-0.4, -0.2) is 35.7 Å². The van der Waals surface area contributed by atoms with Gasteiger partial charge in [0.15, 0.2) is 0 Å². The largest absolute Gasteiger partial charge is 0.444 e. The van der Waals surface area contributed by atoms with Crippen molar-refractivity contribution in [2.75, 3.05) is 13.1 Å². The number of likely N-dealkylation sites (tertiary alicyclic amines) is 1. The van der Waals surface area contributed by atoms with Gasteiger partial charge >= 0.3 is 6.09 Å². The van der Waals surface area contributed by atoms with Crippen molar-refractivity contribution in [1.29, 1.82) is 0 Å². The smallest absolute Gasteiger partial charge is 0.410 e. The Bertz CT molecular complexity index is 587. The highest BCUT2D eigenvalue weighted by Crippen LogP contribution is 2.46. The quantitative estimate of drug-likeness (QED) is 0.862. The maximum atomic E-state index is 12.1. The van der Waals surface area contributed by atoms with E-state index >= 15 is 0 Å². The first-order valence-corrected chi connectivity index (χ1v) is 9.03. The molecule has 1 aromatic carbocycles. The Morgan fingerprint density at radius 2 is 2.00 bits per heavy atom. The molecular formula is C18H25BrN2O2. The van der Waals surface area contributed by atoms with E-state index in [0.29, 0.717) is 23.9 Å². The summed E-state index contributed by atoms with van der Waals surface area (Å²) in [6.45, 7) is 9.54. The van der Waals surface area contributed by atoms with Gasteiger partial charge in [-0.2, -0.15) is 0 Å². The van der Waals surface area contributed by atoms with Crippen LogP contribution in [0.15, 0.2) is 28.7 Å². The lowest BCUT2D eigenvalue weighted by molar-refractivity contribution is 0.0269. The molecule has 1 N–H and O–H groups in total. The zero-order valence-corrected chi connectivity index (χ0v) is 15.8. The summed E-state index contributed by atoms with van der Waals surface area (Å²) in [5.41, 5.74) is 0.866. The fourth-order valence-electron chi connectivity index (χ4n) is 3.41. The van der Waals surface area contributed by atoms with E-state index in [1.54, 1.807) is 0 Å². The SMILES string of the molecule is CC(NC1C2CN(C(=O)OC(C)(C)C)CC21)c1cccc(Br)c1. The second kappa shape index (κ2) is 6.10. The number of halogens is 1. The lowest BCUT2D eigenvalue weighted by atomic mass is 10.1. The Kier molecular flexibility index (Phi) is 4.45. The van der Waals surface area contributed by atoms with Crippen LogP contribution in [0.5, 0.6) is 0 Å². The molecule has 3 unspecified atom stereocenters. The van der Waals surface area contributed by atoms with Crippen LogP contribution in [0.2, 0.25) is 0 Å². The van der Waals surface area contributed by atoms with Gasteiger partial charge in [-0.1, -0.05) is 28.1 Å². The minimum Gasteiger partial charge on any atom is -0.444 e. The molecule has 0 aromatic heterocycles. The van der Waals surface area contributed by atoms with Crippen molar-refractivity contribution >= 4 is 22.0 Å².